The molecule has 0 bridgehead atoms. The van der Waals surface area contributed by atoms with Crippen LogP contribution in [0.2, 0.25) is 0 Å². The number of rotatable bonds is 9. The highest BCUT2D eigenvalue weighted by atomic mass is 16.5. The minimum Gasteiger partial charge on any atom is -0.382 e. The van der Waals surface area contributed by atoms with Crippen molar-refractivity contribution in [2.75, 3.05) is 26.9 Å². The van der Waals surface area contributed by atoms with Crippen LogP contribution >= 0.6 is 0 Å². The highest BCUT2D eigenvalue weighted by Gasteiger charge is 2.18. The maximum Gasteiger partial charge on any atom is 0.0700 e. The first-order chi connectivity index (χ1) is 6.98. The maximum atomic E-state index is 5.80. The van der Waals surface area contributed by atoms with Gasteiger partial charge in [-0.15, -0.1) is 0 Å². The van der Waals surface area contributed by atoms with Crippen molar-refractivity contribution in [2.45, 2.75) is 46.1 Å². The van der Waals surface area contributed by atoms with Crippen LogP contribution in [-0.4, -0.2) is 33.0 Å². The fourth-order valence-corrected chi connectivity index (χ4v) is 1.87. The van der Waals surface area contributed by atoms with Gasteiger partial charge in [-0.25, -0.2) is 0 Å². The van der Waals surface area contributed by atoms with E-state index in [1.54, 1.807) is 7.11 Å². The van der Waals surface area contributed by atoms with Crippen molar-refractivity contribution in [1.29, 1.82) is 0 Å². The highest BCUT2D eigenvalue weighted by Crippen LogP contribution is 2.27. The molecule has 0 aromatic carbocycles. The first kappa shape index (κ1) is 14.9. The molecule has 0 aliphatic carbocycles. The third-order valence-electron chi connectivity index (χ3n) is 2.45. The molecule has 3 nitrogen and oxygen atoms in total. The molecular weight excluding hydrogens is 190 g/mol. The van der Waals surface area contributed by atoms with Crippen LogP contribution < -0.4 is 5.73 Å². The van der Waals surface area contributed by atoms with Gasteiger partial charge in [0.1, 0.15) is 0 Å². The lowest BCUT2D eigenvalue weighted by atomic mass is 9.82. The summed E-state index contributed by atoms with van der Waals surface area (Å²) in [6.45, 7) is 8.81. The van der Waals surface area contributed by atoms with Gasteiger partial charge in [0.05, 0.1) is 13.2 Å². The summed E-state index contributed by atoms with van der Waals surface area (Å²) in [5.41, 5.74) is 6.13. The largest absolute Gasteiger partial charge is 0.382 e. The molecule has 0 aliphatic heterocycles. The van der Waals surface area contributed by atoms with Crippen LogP contribution in [0.5, 0.6) is 0 Å². The summed E-state index contributed by atoms with van der Waals surface area (Å²) in [7, 11) is 1.69. The third-order valence-corrected chi connectivity index (χ3v) is 2.45. The minimum atomic E-state index is 0.286. The summed E-state index contributed by atoms with van der Waals surface area (Å²) in [4.78, 5) is 0. The van der Waals surface area contributed by atoms with Gasteiger partial charge in [-0.05, 0) is 31.6 Å². The van der Waals surface area contributed by atoms with Crippen LogP contribution in [0.4, 0.5) is 0 Å². The van der Waals surface area contributed by atoms with Gasteiger partial charge in [-0.1, -0.05) is 13.8 Å². The van der Waals surface area contributed by atoms with Gasteiger partial charge < -0.3 is 15.2 Å². The van der Waals surface area contributed by atoms with Crippen molar-refractivity contribution >= 4 is 0 Å². The molecule has 0 aliphatic rings. The molecule has 0 aromatic heterocycles. The molecule has 0 amide bonds. The second-order valence-corrected chi connectivity index (χ2v) is 5.05. The molecule has 1 atom stereocenters. The van der Waals surface area contributed by atoms with Gasteiger partial charge in [0.15, 0.2) is 0 Å². The van der Waals surface area contributed by atoms with Gasteiger partial charge in [-0.3, -0.25) is 0 Å². The van der Waals surface area contributed by atoms with Crippen LogP contribution in [-0.2, 0) is 9.47 Å². The van der Waals surface area contributed by atoms with Gasteiger partial charge in [-0.2, -0.15) is 0 Å². The Kier molecular flexibility index (Phi) is 8.02. The predicted octanol–water partition coefficient (Wildman–Crippen LogP) is 2.19. The smallest absolute Gasteiger partial charge is 0.0700 e. The summed E-state index contributed by atoms with van der Waals surface area (Å²) < 4.78 is 10.3. The first-order valence-corrected chi connectivity index (χ1v) is 5.80. The molecule has 15 heavy (non-hydrogen) atoms. The van der Waals surface area contributed by atoms with E-state index < -0.39 is 0 Å². The van der Waals surface area contributed by atoms with E-state index in [0.29, 0.717) is 18.6 Å². The number of nitrogens with two attached hydrogens (primary N) is 1. The van der Waals surface area contributed by atoms with Gasteiger partial charge in [0.2, 0.25) is 0 Å². The van der Waals surface area contributed by atoms with Crippen LogP contribution in [0.15, 0.2) is 0 Å². The molecule has 0 aromatic rings. The zero-order chi connectivity index (χ0) is 11.7. The van der Waals surface area contributed by atoms with E-state index in [1.807, 2.05) is 0 Å². The molecule has 2 N–H and O–H groups in total. The molecule has 3 heteroatoms. The normalized spacial score (nSPS) is 14.2. The number of hydrogen-bond acceptors (Lipinski definition) is 3. The lowest BCUT2D eigenvalue weighted by molar-refractivity contribution is 0.0643. The topological polar surface area (TPSA) is 44.5 Å². The second-order valence-electron chi connectivity index (χ2n) is 5.05. The van der Waals surface area contributed by atoms with Crippen molar-refractivity contribution in [3.8, 4) is 0 Å². The second kappa shape index (κ2) is 8.08. The van der Waals surface area contributed by atoms with E-state index in [0.717, 1.165) is 19.4 Å². The van der Waals surface area contributed by atoms with E-state index >= 15 is 0 Å². The monoisotopic (exact) mass is 217 g/mol. The quantitative estimate of drug-likeness (QED) is 0.602. The zero-order valence-electron chi connectivity index (χ0n) is 10.7. The van der Waals surface area contributed by atoms with Gasteiger partial charge in [0.25, 0.3) is 0 Å². The SMILES string of the molecule is COCCOCCCC(C)(C)CC(C)N. The Labute approximate surface area is 94.3 Å². The Morgan fingerprint density at radius 1 is 1.20 bits per heavy atom. The van der Waals surface area contributed by atoms with Crippen molar-refractivity contribution < 1.29 is 9.47 Å². The van der Waals surface area contributed by atoms with Crippen LogP contribution in [0.25, 0.3) is 0 Å². The average Bonchev–Trinajstić information content (AvgIpc) is 2.08. The van der Waals surface area contributed by atoms with Gasteiger partial charge in [0, 0.05) is 19.8 Å². The highest BCUT2D eigenvalue weighted by molar-refractivity contribution is 4.72. The minimum absolute atomic E-state index is 0.286. The standard InChI is InChI=1S/C12H27NO2/c1-11(13)10-12(2,3)6-5-7-15-9-8-14-4/h11H,5-10,13H2,1-4H3. The Morgan fingerprint density at radius 2 is 1.87 bits per heavy atom. The fourth-order valence-electron chi connectivity index (χ4n) is 1.87. The lowest BCUT2D eigenvalue weighted by Gasteiger charge is -2.26. The Bertz CT molecular complexity index is 147. The summed E-state index contributed by atoms with van der Waals surface area (Å²) >= 11 is 0. The van der Waals surface area contributed by atoms with E-state index in [1.165, 1.54) is 6.42 Å². The molecule has 0 spiro atoms. The first-order valence-electron chi connectivity index (χ1n) is 5.80. The molecular formula is C12H27NO2. The predicted molar refractivity (Wildman–Crippen MR) is 64.0 cm³/mol. The van der Waals surface area contributed by atoms with E-state index in [4.69, 9.17) is 15.2 Å². The Hall–Kier alpha value is -0.120. The van der Waals surface area contributed by atoms with Crippen molar-refractivity contribution in [3.63, 3.8) is 0 Å². The van der Waals surface area contributed by atoms with Crippen molar-refractivity contribution in [3.05, 3.63) is 0 Å². The third kappa shape index (κ3) is 10.2. The van der Waals surface area contributed by atoms with Gasteiger partial charge >= 0.3 is 0 Å². The Balaban J connectivity index is 3.40. The number of methoxy groups -OCH3 is 1. The zero-order valence-corrected chi connectivity index (χ0v) is 10.7. The maximum absolute atomic E-state index is 5.80. The van der Waals surface area contributed by atoms with Crippen LogP contribution in [0.3, 0.4) is 0 Å². The summed E-state index contributed by atoms with van der Waals surface area (Å²) in [6.07, 6.45) is 3.34. The van der Waals surface area contributed by atoms with E-state index in [9.17, 15) is 0 Å². The number of ether oxygens (including phenoxy) is 2. The molecule has 0 rings (SSSR count). The van der Waals surface area contributed by atoms with Crippen LogP contribution in [0.1, 0.15) is 40.0 Å². The molecule has 0 fully saturated rings. The molecule has 0 saturated heterocycles. The molecule has 0 radical (unpaired) electrons. The van der Waals surface area contributed by atoms with E-state index in [-0.39, 0.29) is 6.04 Å². The molecule has 92 valence electrons. The summed E-state index contributed by atoms with van der Waals surface area (Å²) in [5.74, 6) is 0. The summed E-state index contributed by atoms with van der Waals surface area (Å²) in [6, 6.07) is 0.286. The molecule has 0 heterocycles. The average molecular weight is 217 g/mol. The van der Waals surface area contributed by atoms with Crippen molar-refractivity contribution in [1.82, 2.24) is 0 Å². The Morgan fingerprint density at radius 3 is 2.40 bits per heavy atom. The fraction of sp³-hybridized carbons (Fsp3) is 1.00. The molecule has 0 saturated carbocycles. The summed E-state index contributed by atoms with van der Waals surface area (Å²) in [5, 5.41) is 0. The van der Waals surface area contributed by atoms with E-state index in [2.05, 4.69) is 20.8 Å². The molecule has 1 unspecified atom stereocenters. The van der Waals surface area contributed by atoms with Crippen LogP contribution in [0, 0.1) is 5.41 Å². The van der Waals surface area contributed by atoms with Crippen molar-refractivity contribution in [2.24, 2.45) is 11.1 Å². The number of hydrogen-bond donors (Lipinski definition) is 1. The lowest BCUT2D eigenvalue weighted by Crippen LogP contribution is -2.25.